The third-order valence-corrected chi connectivity index (χ3v) is 6.39. The summed E-state index contributed by atoms with van der Waals surface area (Å²) in [6.07, 6.45) is 2.15. The molecular weight excluding hydrogens is 382 g/mol. The first kappa shape index (κ1) is 19.7. The second kappa shape index (κ2) is 8.03. The number of carbonyl (C=O) groups excluding carboxylic acids is 2. The van der Waals surface area contributed by atoms with Crippen molar-refractivity contribution in [1.82, 2.24) is 4.90 Å². The van der Waals surface area contributed by atoms with Crippen LogP contribution in [0.1, 0.15) is 36.0 Å². The Hall–Kier alpha value is -2.60. The zero-order valence-electron chi connectivity index (χ0n) is 16.9. The molecule has 0 unspecified atom stereocenters. The molecule has 1 saturated heterocycles. The number of amidine groups is 1. The Labute approximate surface area is 175 Å². The zero-order valence-corrected chi connectivity index (χ0v) is 17.8. The van der Waals surface area contributed by atoms with Crippen LogP contribution in [0.15, 0.2) is 47.5 Å². The van der Waals surface area contributed by atoms with Gasteiger partial charge in [-0.1, -0.05) is 47.7 Å². The number of rotatable bonds is 5. The minimum atomic E-state index is -0.427. The topological polar surface area (TPSA) is 61.8 Å². The molecule has 2 aromatic carbocycles. The van der Waals surface area contributed by atoms with Crippen molar-refractivity contribution >= 4 is 40.1 Å². The fourth-order valence-electron chi connectivity index (χ4n) is 3.48. The molecule has 2 amide bonds. The maximum Gasteiger partial charge on any atom is 0.242 e. The van der Waals surface area contributed by atoms with E-state index in [-0.39, 0.29) is 24.3 Å². The van der Waals surface area contributed by atoms with E-state index in [9.17, 15) is 9.59 Å². The van der Waals surface area contributed by atoms with Gasteiger partial charge in [-0.25, -0.2) is 4.99 Å². The molecule has 5 nitrogen and oxygen atoms in total. The van der Waals surface area contributed by atoms with E-state index in [1.807, 2.05) is 55.1 Å². The molecule has 0 spiro atoms. The average molecular weight is 408 g/mol. The van der Waals surface area contributed by atoms with Crippen LogP contribution in [0.25, 0.3) is 0 Å². The second-order valence-corrected chi connectivity index (χ2v) is 8.97. The standard InChI is InChI=1S/C23H25N3O2S/c1-14-8-11-19(16(3)12-14)25-23-26(17-9-10-17)22(28)20(29-23)13-21(27)24-18-7-5-4-6-15(18)2/h4-8,11-12,17,20H,9-10,13H2,1-3H3,(H,24,27)/t20-/m1/s1. The van der Waals surface area contributed by atoms with E-state index in [0.717, 1.165) is 40.5 Å². The second-order valence-electron chi connectivity index (χ2n) is 7.80. The largest absolute Gasteiger partial charge is 0.326 e. The number of hydrogen-bond acceptors (Lipinski definition) is 4. The van der Waals surface area contributed by atoms with Crippen LogP contribution in [0.2, 0.25) is 0 Å². The number of thioether (sulfide) groups is 1. The first-order chi connectivity index (χ1) is 13.9. The summed E-state index contributed by atoms with van der Waals surface area (Å²) in [5.74, 6) is -0.144. The van der Waals surface area contributed by atoms with Crippen LogP contribution in [-0.2, 0) is 9.59 Å². The summed E-state index contributed by atoms with van der Waals surface area (Å²) in [6, 6.07) is 14.0. The fourth-order valence-corrected chi connectivity index (χ4v) is 4.69. The predicted octanol–water partition coefficient (Wildman–Crippen LogP) is 4.73. The average Bonchev–Trinajstić information content (AvgIpc) is 3.45. The molecule has 0 radical (unpaired) electrons. The Kier molecular flexibility index (Phi) is 5.46. The van der Waals surface area contributed by atoms with Gasteiger partial charge in [-0.2, -0.15) is 0 Å². The molecule has 6 heteroatoms. The van der Waals surface area contributed by atoms with Crippen molar-refractivity contribution in [3.63, 3.8) is 0 Å². The summed E-state index contributed by atoms with van der Waals surface area (Å²) in [5.41, 5.74) is 4.94. The van der Waals surface area contributed by atoms with Crippen molar-refractivity contribution in [2.45, 2.75) is 51.3 Å². The maximum atomic E-state index is 13.0. The Morgan fingerprint density at radius 3 is 2.59 bits per heavy atom. The van der Waals surface area contributed by atoms with Crippen LogP contribution in [0.4, 0.5) is 11.4 Å². The van der Waals surface area contributed by atoms with Crippen LogP contribution < -0.4 is 5.32 Å². The monoisotopic (exact) mass is 407 g/mol. The molecule has 2 aliphatic rings. The molecule has 1 atom stereocenters. The summed E-state index contributed by atoms with van der Waals surface area (Å²) in [5, 5.41) is 3.23. The minimum absolute atomic E-state index is 0.000878. The molecule has 1 heterocycles. The molecule has 1 aliphatic carbocycles. The Morgan fingerprint density at radius 2 is 1.90 bits per heavy atom. The van der Waals surface area contributed by atoms with E-state index in [1.165, 1.54) is 17.3 Å². The fraction of sp³-hybridized carbons (Fsp3) is 0.348. The number of carbonyl (C=O) groups is 2. The molecule has 0 bridgehead atoms. The molecule has 1 aliphatic heterocycles. The van der Waals surface area contributed by atoms with Crippen molar-refractivity contribution < 1.29 is 9.59 Å². The van der Waals surface area contributed by atoms with Gasteiger partial charge in [-0.05, 0) is 56.9 Å². The third kappa shape index (κ3) is 4.37. The van der Waals surface area contributed by atoms with E-state index in [4.69, 9.17) is 4.99 Å². The number of benzene rings is 2. The van der Waals surface area contributed by atoms with Crippen LogP contribution in [0, 0.1) is 20.8 Å². The number of aryl methyl sites for hydroxylation is 3. The van der Waals surface area contributed by atoms with E-state index in [1.54, 1.807) is 0 Å². The smallest absolute Gasteiger partial charge is 0.242 e. The number of anilines is 1. The van der Waals surface area contributed by atoms with Gasteiger partial charge in [0, 0.05) is 18.2 Å². The van der Waals surface area contributed by atoms with Crippen molar-refractivity contribution in [3.8, 4) is 0 Å². The normalized spacial score (nSPS) is 20.4. The first-order valence-electron chi connectivity index (χ1n) is 9.93. The van der Waals surface area contributed by atoms with Gasteiger partial charge in [0.1, 0.15) is 5.25 Å². The molecule has 2 aromatic rings. The summed E-state index contributed by atoms with van der Waals surface area (Å²) in [6.45, 7) is 6.04. The first-order valence-corrected chi connectivity index (χ1v) is 10.8. The lowest BCUT2D eigenvalue weighted by molar-refractivity contribution is -0.128. The van der Waals surface area contributed by atoms with Gasteiger partial charge in [0.05, 0.1) is 5.69 Å². The number of nitrogens with one attached hydrogen (secondary N) is 1. The van der Waals surface area contributed by atoms with Crippen molar-refractivity contribution in [1.29, 1.82) is 0 Å². The third-order valence-electron chi connectivity index (χ3n) is 5.24. The van der Waals surface area contributed by atoms with E-state index >= 15 is 0 Å². The maximum absolute atomic E-state index is 13.0. The van der Waals surface area contributed by atoms with Crippen LogP contribution >= 0.6 is 11.8 Å². The number of hydrogen-bond donors (Lipinski definition) is 1. The molecular formula is C23H25N3O2S. The highest BCUT2D eigenvalue weighted by Crippen LogP contribution is 2.40. The van der Waals surface area contributed by atoms with Gasteiger partial charge in [0.25, 0.3) is 0 Å². The van der Waals surface area contributed by atoms with E-state index in [0.29, 0.717) is 0 Å². The van der Waals surface area contributed by atoms with Crippen LogP contribution in [-0.4, -0.2) is 33.2 Å². The van der Waals surface area contributed by atoms with Gasteiger partial charge in [-0.15, -0.1) is 0 Å². The molecule has 0 aromatic heterocycles. The number of amides is 2. The van der Waals surface area contributed by atoms with Crippen molar-refractivity contribution in [2.24, 2.45) is 4.99 Å². The van der Waals surface area contributed by atoms with Gasteiger partial charge >= 0.3 is 0 Å². The Bertz CT molecular complexity index is 997. The van der Waals surface area contributed by atoms with Crippen LogP contribution in [0.3, 0.4) is 0 Å². The van der Waals surface area contributed by atoms with Gasteiger partial charge in [0.2, 0.25) is 11.8 Å². The van der Waals surface area contributed by atoms with E-state index < -0.39 is 5.25 Å². The lowest BCUT2D eigenvalue weighted by Gasteiger charge is -2.15. The summed E-state index contributed by atoms with van der Waals surface area (Å²) < 4.78 is 0. The number of para-hydroxylation sites is 1. The van der Waals surface area contributed by atoms with Crippen LogP contribution in [0.5, 0.6) is 0 Å². The lowest BCUT2D eigenvalue weighted by Crippen LogP contribution is -2.35. The highest BCUT2D eigenvalue weighted by molar-refractivity contribution is 8.15. The predicted molar refractivity (Wildman–Crippen MR) is 119 cm³/mol. The van der Waals surface area contributed by atoms with Crippen molar-refractivity contribution in [2.75, 3.05) is 5.32 Å². The molecule has 150 valence electrons. The number of aliphatic imine (C=N–C) groups is 1. The van der Waals surface area contributed by atoms with Gasteiger partial charge in [0.15, 0.2) is 5.17 Å². The summed E-state index contributed by atoms with van der Waals surface area (Å²) in [4.78, 5) is 32.2. The minimum Gasteiger partial charge on any atom is -0.326 e. The Morgan fingerprint density at radius 1 is 1.14 bits per heavy atom. The SMILES string of the molecule is Cc1ccc(N=C2S[C@H](CC(=O)Nc3ccccc3C)C(=O)N2C2CC2)c(C)c1. The zero-order chi connectivity index (χ0) is 20.5. The molecule has 2 fully saturated rings. The van der Waals surface area contributed by atoms with E-state index in [2.05, 4.69) is 18.3 Å². The summed E-state index contributed by atoms with van der Waals surface area (Å²) in [7, 11) is 0. The number of nitrogens with zero attached hydrogens (tertiary/aromatic N) is 2. The molecule has 4 rings (SSSR count). The van der Waals surface area contributed by atoms with Crippen molar-refractivity contribution in [3.05, 3.63) is 59.2 Å². The van der Waals surface area contributed by atoms with Gasteiger partial charge in [-0.3, -0.25) is 14.5 Å². The quantitative estimate of drug-likeness (QED) is 0.779. The molecule has 29 heavy (non-hydrogen) atoms. The molecule has 1 saturated carbocycles. The lowest BCUT2D eigenvalue weighted by atomic mass is 10.1. The molecule has 1 N–H and O–H groups in total. The van der Waals surface area contributed by atoms with Gasteiger partial charge < -0.3 is 5.32 Å². The summed E-state index contributed by atoms with van der Waals surface area (Å²) >= 11 is 1.41. The highest BCUT2D eigenvalue weighted by atomic mass is 32.2. The Balaban J connectivity index is 1.52. The highest BCUT2D eigenvalue weighted by Gasteiger charge is 2.46.